The van der Waals surface area contributed by atoms with E-state index in [4.69, 9.17) is 0 Å². The van der Waals surface area contributed by atoms with E-state index in [0.29, 0.717) is 0 Å². The van der Waals surface area contributed by atoms with E-state index in [9.17, 15) is 0 Å². The van der Waals surface area contributed by atoms with Gasteiger partial charge in [-0.1, -0.05) is 74.3 Å². The van der Waals surface area contributed by atoms with Crippen molar-refractivity contribution in [2.75, 3.05) is 0 Å². The van der Waals surface area contributed by atoms with Gasteiger partial charge in [-0.15, -0.1) is 39.5 Å². The lowest BCUT2D eigenvalue weighted by molar-refractivity contribution is 0.420. The molecule has 1 fully saturated rings. The average molecular weight is 437 g/mol. The fraction of sp³-hybridized carbons (Fsp3) is 0.562. The fourth-order valence-corrected chi connectivity index (χ4v) is 4.35. The molecule has 0 aromatic heterocycles. The molecule has 0 N–H and O–H groups in total. The molecular weight excluding hydrogens is 384 g/mol. The summed E-state index contributed by atoms with van der Waals surface area (Å²) >= 11 is 0. The molecule has 0 aromatic carbocycles. The van der Waals surface area contributed by atoms with Crippen LogP contribution in [0.15, 0.2) is 87.6 Å². The molecule has 0 bridgehead atoms. The van der Waals surface area contributed by atoms with Crippen LogP contribution < -0.4 is 0 Å². The highest BCUT2D eigenvalue weighted by molar-refractivity contribution is 5.34. The molecule has 0 amide bonds. The topological polar surface area (TPSA) is 0 Å². The number of hydrogen-bond donors (Lipinski definition) is 0. The van der Waals surface area contributed by atoms with Crippen LogP contribution in [0.3, 0.4) is 0 Å². The van der Waals surface area contributed by atoms with Crippen molar-refractivity contribution < 1.29 is 0 Å². The van der Waals surface area contributed by atoms with Gasteiger partial charge in [-0.25, -0.2) is 0 Å². The number of allylic oxidation sites excluding steroid dienone is 8. The summed E-state index contributed by atoms with van der Waals surface area (Å²) in [4.78, 5) is 0. The molecule has 0 heteroatoms. The maximum atomic E-state index is 4.07. The van der Waals surface area contributed by atoms with Crippen LogP contribution >= 0.6 is 0 Å². The van der Waals surface area contributed by atoms with E-state index in [1.165, 1.54) is 83.5 Å². The van der Waals surface area contributed by atoms with Gasteiger partial charge in [0.1, 0.15) is 0 Å². The normalized spacial score (nSPS) is 13.7. The minimum atomic E-state index is -0.166. The standard InChI is InChI=1S/C24H36.C8H16/c1-6-11-13-15-17-22(18-16-14-12-7-2)21-24(19-20-24)23(8-3,9-4)10-5;1-3-5-7-8-6-4-2/h6-10,21H,1-5,11-20H2;3H,1,4-8H2,2H3. The van der Waals surface area contributed by atoms with Crippen molar-refractivity contribution in [2.45, 2.75) is 103 Å². The van der Waals surface area contributed by atoms with Crippen LogP contribution in [0.2, 0.25) is 0 Å². The summed E-state index contributed by atoms with van der Waals surface area (Å²) in [5.74, 6) is 0. The van der Waals surface area contributed by atoms with Gasteiger partial charge in [0, 0.05) is 10.8 Å². The summed E-state index contributed by atoms with van der Waals surface area (Å²) in [5, 5.41) is 0. The highest BCUT2D eigenvalue weighted by atomic mass is 14.6. The Morgan fingerprint density at radius 2 is 1.09 bits per heavy atom. The van der Waals surface area contributed by atoms with Gasteiger partial charge >= 0.3 is 0 Å². The van der Waals surface area contributed by atoms with Gasteiger partial charge in [-0.3, -0.25) is 0 Å². The molecule has 0 nitrogen and oxygen atoms in total. The average Bonchev–Trinajstić information content (AvgIpc) is 3.60. The van der Waals surface area contributed by atoms with E-state index in [0.717, 1.165) is 12.8 Å². The third-order valence-corrected chi connectivity index (χ3v) is 6.72. The predicted octanol–water partition coefficient (Wildman–Crippen LogP) is 10.9. The summed E-state index contributed by atoms with van der Waals surface area (Å²) in [7, 11) is 0. The van der Waals surface area contributed by atoms with E-state index < -0.39 is 0 Å². The Balaban J connectivity index is 0.00000102. The smallest absolute Gasteiger partial charge is 0.0325 e. The lowest BCUT2D eigenvalue weighted by atomic mass is 9.71. The third-order valence-electron chi connectivity index (χ3n) is 6.72. The Labute approximate surface area is 201 Å². The molecule has 1 aliphatic rings. The van der Waals surface area contributed by atoms with E-state index in [1.54, 1.807) is 5.57 Å². The van der Waals surface area contributed by atoms with Gasteiger partial charge < -0.3 is 0 Å². The van der Waals surface area contributed by atoms with Gasteiger partial charge in [0.05, 0.1) is 0 Å². The van der Waals surface area contributed by atoms with E-state index in [2.05, 4.69) is 52.5 Å². The van der Waals surface area contributed by atoms with Crippen LogP contribution in [-0.4, -0.2) is 0 Å². The van der Waals surface area contributed by atoms with Gasteiger partial charge in [0.2, 0.25) is 0 Å². The monoisotopic (exact) mass is 436 g/mol. The second-order valence-corrected chi connectivity index (χ2v) is 9.21. The Morgan fingerprint density at radius 1 is 0.656 bits per heavy atom. The number of hydrogen-bond acceptors (Lipinski definition) is 0. The zero-order valence-corrected chi connectivity index (χ0v) is 21.4. The van der Waals surface area contributed by atoms with Crippen LogP contribution in [0.4, 0.5) is 0 Å². The van der Waals surface area contributed by atoms with Gasteiger partial charge in [0.15, 0.2) is 0 Å². The molecule has 0 unspecified atom stereocenters. The van der Waals surface area contributed by atoms with Crippen molar-refractivity contribution >= 4 is 0 Å². The second-order valence-electron chi connectivity index (χ2n) is 9.21. The Bertz CT molecular complexity index is 541. The molecular formula is C32H52. The van der Waals surface area contributed by atoms with Gasteiger partial charge in [-0.2, -0.15) is 0 Å². The summed E-state index contributed by atoms with van der Waals surface area (Å²) in [6.07, 6.45) is 33.3. The van der Waals surface area contributed by atoms with Crippen LogP contribution in [-0.2, 0) is 0 Å². The highest BCUT2D eigenvalue weighted by Gasteiger charge is 2.53. The minimum Gasteiger partial charge on any atom is -0.103 e. The molecule has 0 aromatic rings. The van der Waals surface area contributed by atoms with Crippen molar-refractivity contribution in [2.24, 2.45) is 10.8 Å². The second kappa shape index (κ2) is 18.7. The van der Waals surface area contributed by atoms with Crippen LogP contribution in [0.1, 0.15) is 103 Å². The summed E-state index contributed by atoms with van der Waals surface area (Å²) in [6.45, 7) is 25.7. The molecule has 0 atom stereocenters. The first kappa shape index (κ1) is 30.2. The van der Waals surface area contributed by atoms with E-state index in [-0.39, 0.29) is 10.8 Å². The molecule has 0 spiro atoms. The zero-order chi connectivity index (χ0) is 24.1. The lowest BCUT2D eigenvalue weighted by Gasteiger charge is -2.32. The van der Waals surface area contributed by atoms with E-state index >= 15 is 0 Å². The molecule has 32 heavy (non-hydrogen) atoms. The molecule has 180 valence electrons. The predicted molar refractivity (Wildman–Crippen MR) is 149 cm³/mol. The first-order valence-electron chi connectivity index (χ1n) is 13.0. The zero-order valence-electron chi connectivity index (χ0n) is 21.4. The Morgan fingerprint density at radius 3 is 1.44 bits per heavy atom. The van der Waals surface area contributed by atoms with Gasteiger partial charge in [0.25, 0.3) is 0 Å². The molecule has 1 aliphatic carbocycles. The molecule has 0 radical (unpaired) electrons. The van der Waals surface area contributed by atoms with Crippen molar-refractivity contribution in [3.63, 3.8) is 0 Å². The first-order valence-corrected chi connectivity index (χ1v) is 13.0. The molecule has 0 heterocycles. The molecule has 1 saturated carbocycles. The highest BCUT2D eigenvalue weighted by Crippen LogP contribution is 2.62. The number of rotatable bonds is 20. The maximum absolute atomic E-state index is 4.07. The first-order chi connectivity index (χ1) is 15.5. The van der Waals surface area contributed by atoms with Crippen molar-refractivity contribution in [1.29, 1.82) is 0 Å². The summed E-state index contributed by atoms with van der Waals surface area (Å²) < 4.78 is 0. The maximum Gasteiger partial charge on any atom is 0.0325 e. The Hall–Kier alpha value is -1.82. The molecule has 0 saturated heterocycles. The van der Waals surface area contributed by atoms with E-state index in [1.807, 2.05) is 36.5 Å². The SMILES string of the molecule is C=CCCCCC(=CC1(C(C=C)(C=C)C=C)CC1)CCCCC=C.C=CCCCCCC. The van der Waals surface area contributed by atoms with Crippen LogP contribution in [0, 0.1) is 10.8 Å². The summed E-state index contributed by atoms with van der Waals surface area (Å²) in [6, 6.07) is 0. The Kier molecular flexibility index (Phi) is 17.7. The van der Waals surface area contributed by atoms with Crippen molar-refractivity contribution in [3.8, 4) is 0 Å². The largest absolute Gasteiger partial charge is 0.103 e. The van der Waals surface area contributed by atoms with Crippen LogP contribution in [0.25, 0.3) is 0 Å². The van der Waals surface area contributed by atoms with Gasteiger partial charge in [-0.05, 0) is 77.0 Å². The quantitative estimate of drug-likeness (QED) is 0.131. The molecule has 1 rings (SSSR count). The molecule has 0 aliphatic heterocycles. The number of unbranched alkanes of at least 4 members (excludes halogenated alkanes) is 8. The van der Waals surface area contributed by atoms with Crippen LogP contribution in [0.5, 0.6) is 0 Å². The minimum absolute atomic E-state index is 0.166. The third kappa shape index (κ3) is 11.2. The lowest BCUT2D eigenvalue weighted by Crippen LogP contribution is -2.24. The summed E-state index contributed by atoms with van der Waals surface area (Å²) in [5.41, 5.74) is 1.61. The van der Waals surface area contributed by atoms with Crippen molar-refractivity contribution in [1.82, 2.24) is 0 Å². The fourth-order valence-electron chi connectivity index (χ4n) is 4.35. The van der Waals surface area contributed by atoms with Crippen molar-refractivity contribution in [3.05, 3.63) is 87.6 Å².